The number of aromatic nitrogens is 4. The SMILES string of the molecule is O=c1cc(-c2ccc(Cl)cn2)ccn1-c1ccc2c(cnn2CCN2CCCC2)c1. The molecule has 1 aromatic carbocycles. The average Bonchev–Trinajstić information content (AvgIpc) is 3.42. The summed E-state index contributed by atoms with van der Waals surface area (Å²) in [5, 5.41) is 6.16. The maximum absolute atomic E-state index is 12.8. The lowest BCUT2D eigenvalue weighted by Crippen LogP contribution is -2.24. The summed E-state index contributed by atoms with van der Waals surface area (Å²) in [4.78, 5) is 19.5. The van der Waals surface area contributed by atoms with E-state index in [2.05, 4.69) is 19.7 Å². The molecule has 3 aromatic heterocycles. The Morgan fingerprint density at radius 2 is 1.83 bits per heavy atom. The maximum Gasteiger partial charge on any atom is 0.255 e. The van der Waals surface area contributed by atoms with Crippen molar-refractivity contribution in [1.82, 2.24) is 24.2 Å². The minimum atomic E-state index is -0.106. The Morgan fingerprint density at radius 3 is 2.60 bits per heavy atom. The number of hydrogen-bond acceptors (Lipinski definition) is 4. The fourth-order valence-electron chi connectivity index (χ4n) is 4.04. The van der Waals surface area contributed by atoms with E-state index in [1.54, 1.807) is 29.1 Å². The second kappa shape index (κ2) is 8.05. The zero-order valence-corrected chi connectivity index (χ0v) is 17.3. The predicted octanol–water partition coefficient (Wildman–Crippen LogP) is 4.00. The maximum atomic E-state index is 12.8. The average molecular weight is 420 g/mol. The van der Waals surface area contributed by atoms with Crippen LogP contribution in [0.25, 0.3) is 27.8 Å². The number of halogens is 1. The Balaban J connectivity index is 1.40. The van der Waals surface area contributed by atoms with Gasteiger partial charge < -0.3 is 4.90 Å². The molecule has 0 amide bonds. The lowest BCUT2D eigenvalue weighted by atomic mass is 10.1. The third-order valence-corrected chi connectivity index (χ3v) is 5.90. The molecule has 0 spiro atoms. The highest BCUT2D eigenvalue weighted by Crippen LogP contribution is 2.20. The van der Waals surface area contributed by atoms with Crippen molar-refractivity contribution < 1.29 is 0 Å². The van der Waals surface area contributed by atoms with Crippen LogP contribution in [0.3, 0.4) is 0 Å². The first kappa shape index (κ1) is 19.0. The molecule has 0 N–H and O–H groups in total. The van der Waals surface area contributed by atoms with Gasteiger partial charge in [-0.3, -0.25) is 19.0 Å². The molecular weight excluding hydrogens is 398 g/mol. The molecule has 0 radical (unpaired) electrons. The summed E-state index contributed by atoms with van der Waals surface area (Å²) in [6, 6.07) is 13.1. The summed E-state index contributed by atoms with van der Waals surface area (Å²) in [6.45, 7) is 4.28. The molecule has 1 saturated heterocycles. The molecular formula is C23H22ClN5O. The van der Waals surface area contributed by atoms with Crippen molar-refractivity contribution in [3.63, 3.8) is 0 Å². The topological polar surface area (TPSA) is 56.0 Å². The lowest BCUT2D eigenvalue weighted by Gasteiger charge is -2.14. The smallest absolute Gasteiger partial charge is 0.255 e. The monoisotopic (exact) mass is 419 g/mol. The predicted molar refractivity (Wildman–Crippen MR) is 119 cm³/mol. The Kier molecular flexibility index (Phi) is 5.11. The van der Waals surface area contributed by atoms with Crippen molar-refractivity contribution in [3.05, 3.63) is 76.4 Å². The fraction of sp³-hybridized carbons (Fsp3) is 0.261. The number of likely N-dealkylation sites (tertiary alicyclic amines) is 1. The molecule has 152 valence electrons. The molecule has 0 unspecified atom stereocenters. The third-order valence-electron chi connectivity index (χ3n) is 5.67. The molecule has 0 aliphatic carbocycles. The van der Waals surface area contributed by atoms with Crippen LogP contribution >= 0.6 is 11.6 Å². The summed E-state index contributed by atoms with van der Waals surface area (Å²) in [5.41, 5.74) is 3.29. The Hall–Kier alpha value is -2.96. The van der Waals surface area contributed by atoms with E-state index < -0.39 is 0 Å². The van der Waals surface area contributed by atoms with Gasteiger partial charge in [-0.1, -0.05) is 11.6 Å². The standard InChI is InChI=1S/C23H22ClN5O/c24-19-3-5-21(25-16-19)17-7-10-28(23(30)14-17)20-4-6-22-18(13-20)15-26-29(22)12-11-27-8-1-2-9-27/h3-7,10,13-16H,1-2,8-9,11-12H2. The zero-order valence-electron chi connectivity index (χ0n) is 16.5. The molecule has 0 saturated carbocycles. The zero-order chi connectivity index (χ0) is 20.5. The van der Waals surface area contributed by atoms with Crippen LogP contribution in [0.15, 0.2) is 65.8 Å². The van der Waals surface area contributed by atoms with Gasteiger partial charge in [-0.05, 0) is 62.3 Å². The number of benzene rings is 1. The highest BCUT2D eigenvalue weighted by Gasteiger charge is 2.12. The molecule has 0 atom stereocenters. The summed E-state index contributed by atoms with van der Waals surface area (Å²) in [7, 11) is 0. The van der Waals surface area contributed by atoms with Gasteiger partial charge >= 0.3 is 0 Å². The van der Waals surface area contributed by atoms with Gasteiger partial charge in [-0.15, -0.1) is 0 Å². The number of pyridine rings is 2. The van der Waals surface area contributed by atoms with E-state index in [1.807, 2.05) is 36.5 Å². The van der Waals surface area contributed by atoms with E-state index in [0.717, 1.165) is 40.9 Å². The van der Waals surface area contributed by atoms with E-state index in [1.165, 1.54) is 25.9 Å². The summed E-state index contributed by atoms with van der Waals surface area (Å²) >= 11 is 5.90. The summed E-state index contributed by atoms with van der Waals surface area (Å²) < 4.78 is 3.69. The summed E-state index contributed by atoms with van der Waals surface area (Å²) in [6.07, 6.45) is 7.83. The largest absolute Gasteiger partial charge is 0.301 e. The number of fused-ring (bicyclic) bond motifs is 1. The second-order valence-electron chi connectivity index (χ2n) is 7.64. The number of rotatable bonds is 5. The van der Waals surface area contributed by atoms with Crippen molar-refractivity contribution in [2.45, 2.75) is 19.4 Å². The third kappa shape index (κ3) is 3.76. The lowest BCUT2D eigenvalue weighted by molar-refractivity contribution is 0.318. The minimum absolute atomic E-state index is 0.106. The van der Waals surface area contributed by atoms with Crippen molar-refractivity contribution in [2.24, 2.45) is 0 Å². The fourth-order valence-corrected chi connectivity index (χ4v) is 4.15. The molecule has 4 heterocycles. The van der Waals surface area contributed by atoms with Crippen molar-refractivity contribution in [3.8, 4) is 16.9 Å². The van der Waals surface area contributed by atoms with Crippen LogP contribution in [0.5, 0.6) is 0 Å². The van der Waals surface area contributed by atoms with E-state index in [0.29, 0.717) is 5.02 Å². The van der Waals surface area contributed by atoms with E-state index in [-0.39, 0.29) is 5.56 Å². The molecule has 30 heavy (non-hydrogen) atoms. The van der Waals surface area contributed by atoms with E-state index >= 15 is 0 Å². The number of nitrogens with zero attached hydrogens (tertiary/aromatic N) is 5. The highest BCUT2D eigenvalue weighted by atomic mass is 35.5. The van der Waals surface area contributed by atoms with E-state index in [9.17, 15) is 4.79 Å². The van der Waals surface area contributed by atoms with Gasteiger partial charge in [-0.25, -0.2) is 0 Å². The van der Waals surface area contributed by atoms with Gasteiger partial charge in [0.1, 0.15) is 0 Å². The van der Waals surface area contributed by atoms with Gasteiger partial charge in [0.2, 0.25) is 0 Å². The molecule has 1 aliphatic heterocycles. The molecule has 6 nitrogen and oxygen atoms in total. The van der Waals surface area contributed by atoms with Crippen LogP contribution in [-0.4, -0.2) is 43.9 Å². The van der Waals surface area contributed by atoms with Crippen molar-refractivity contribution in [1.29, 1.82) is 0 Å². The Labute approximate surface area is 179 Å². The summed E-state index contributed by atoms with van der Waals surface area (Å²) in [5.74, 6) is 0. The van der Waals surface area contributed by atoms with Gasteiger partial charge in [0.15, 0.2) is 0 Å². The molecule has 1 fully saturated rings. The first-order valence-electron chi connectivity index (χ1n) is 10.2. The van der Waals surface area contributed by atoms with Crippen molar-refractivity contribution >= 4 is 22.5 Å². The van der Waals surface area contributed by atoms with Gasteiger partial charge in [0.05, 0.1) is 29.0 Å². The molecule has 0 bridgehead atoms. The van der Waals surface area contributed by atoms with Crippen LogP contribution in [0, 0.1) is 0 Å². The van der Waals surface area contributed by atoms with Crippen LogP contribution in [0.2, 0.25) is 5.02 Å². The minimum Gasteiger partial charge on any atom is -0.301 e. The van der Waals surface area contributed by atoms with Gasteiger partial charge in [0, 0.05) is 41.6 Å². The molecule has 1 aliphatic rings. The van der Waals surface area contributed by atoms with E-state index in [4.69, 9.17) is 11.6 Å². The van der Waals surface area contributed by atoms with Crippen LogP contribution in [-0.2, 0) is 6.54 Å². The molecule has 4 aromatic rings. The Morgan fingerprint density at radius 1 is 0.967 bits per heavy atom. The van der Waals surface area contributed by atoms with Gasteiger partial charge in [-0.2, -0.15) is 5.10 Å². The van der Waals surface area contributed by atoms with Crippen LogP contribution < -0.4 is 5.56 Å². The quantitative estimate of drug-likeness (QED) is 0.490. The first-order valence-corrected chi connectivity index (χ1v) is 10.6. The van der Waals surface area contributed by atoms with Crippen LogP contribution in [0.4, 0.5) is 0 Å². The molecule has 5 rings (SSSR count). The second-order valence-corrected chi connectivity index (χ2v) is 8.08. The first-order chi connectivity index (χ1) is 14.7. The molecule has 7 heteroatoms. The Bertz CT molecular complexity index is 1240. The van der Waals surface area contributed by atoms with Crippen molar-refractivity contribution in [2.75, 3.05) is 19.6 Å². The highest BCUT2D eigenvalue weighted by molar-refractivity contribution is 6.30. The number of hydrogen-bond donors (Lipinski definition) is 0. The van der Waals surface area contributed by atoms with Gasteiger partial charge in [0.25, 0.3) is 5.56 Å². The normalized spacial score (nSPS) is 14.6. The van der Waals surface area contributed by atoms with Crippen LogP contribution in [0.1, 0.15) is 12.8 Å².